The van der Waals surface area contributed by atoms with Gasteiger partial charge in [0.15, 0.2) is 11.8 Å². The summed E-state index contributed by atoms with van der Waals surface area (Å²) in [5, 5.41) is 38.0. The number of halogens is 1. The molecule has 3 unspecified atom stereocenters. The zero-order valence-electron chi connectivity index (χ0n) is 18.3. The van der Waals surface area contributed by atoms with Crippen LogP contribution >= 0.6 is 7.60 Å². The van der Waals surface area contributed by atoms with Gasteiger partial charge >= 0.3 is 31.5 Å². The van der Waals surface area contributed by atoms with E-state index in [1.165, 1.54) is 0 Å². The van der Waals surface area contributed by atoms with Crippen molar-refractivity contribution in [2.75, 3.05) is 12.8 Å². The lowest BCUT2D eigenvalue weighted by atomic mass is 9.98. The predicted octanol–water partition coefficient (Wildman–Crippen LogP) is -0.169. The van der Waals surface area contributed by atoms with Crippen molar-refractivity contribution in [3.05, 3.63) is 29.8 Å². The quantitative estimate of drug-likeness (QED) is 0.0694. The molecule has 1 amide bonds. The maximum atomic E-state index is 12.9. The van der Waals surface area contributed by atoms with Crippen LogP contribution in [0.4, 0.5) is 4.39 Å². The van der Waals surface area contributed by atoms with E-state index in [4.69, 9.17) is 10.2 Å². The first-order valence-corrected chi connectivity index (χ1v) is 11.7. The van der Waals surface area contributed by atoms with Crippen molar-refractivity contribution in [1.29, 1.82) is 0 Å². The Hall–Kier alpha value is -3.75. The first-order chi connectivity index (χ1) is 16.6. The number of hydrogen-bond donors (Lipinski definition) is 6. The summed E-state index contributed by atoms with van der Waals surface area (Å²) < 4.78 is 29.7. The number of rotatable bonds is 16. The summed E-state index contributed by atoms with van der Waals surface area (Å²) in [6.07, 6.45) is -2.36. The molecular formula is C19H22FN2O13P. The lowest BCUT2D eigenvalue weighted by Crippen LogP contribution is -2.48. The highest BCUT2D eigenvalue weighted by Gasteiger charge is 2.35. The molecule has 0 aromatic carbocycles. The van der Waals surface area contributed by atoms with E-state index in [0.717, 1.165) is 18.3 Å². The molecule has 4 atom stereocenters. The number of Topliss-reactive ketones (excluding diaryl/α,β-unsaturated/α-hetero) is 1. The number of carboxylic acids is 4. The Morgan fingerprint density at radius 1 is 1.03 bits per heavy atom. The number of hydrogen-bond acceptors (Lipinski definition) is 9. The Balaban J connectivity index is 2.86. The first kappa shape index (κ1) is 30.3. The van der Waals surface area contributed by atoms with E-state index in [1.807, 2.05) is 0 Å². The number of carbonyl (C=O) groups excluding carboxylic acids is 2. The monoisotopic (exact) mass is 536 g/mol. The van der Waals surface area contributed by atoms with Crippen LogP contribution < -0.4 is 5.32 Å². The summed E-state index contributed by atoms with van der Waals surface area (Å²) in [6, 6.07) is -0.260. The molecule has 17 heteroatoms. The largest absolute Gasteiger partial charge is 0.481 e. The smallest absolute Gasteiger partial charge is 0.329 e. The van der Waals surface area contributed by atoms with Crippen molar-refractivity contribution in [2.45, 2.75) is 25.3 Å². The topological polar surface area (TPSA) is 255 Å². The van der Waals surface area contributed by atoms with Gasteiger partial charge in [0.2, 0.25) is 11.9 Å². The molecule has 6 N–H and O–H groups in total. The molecule has 0 bridgehead atoms. The van der Waals surface area contributed by atoms with Crippen molar-refractivity contribution in [3.8, 4) is 0 Å². The minimum absolute atomic E-state index is 0.217. The van der Waals surface area contributed by atoms with Gasteiger partial charge in [0.25, 0.3) is 0 Å². The van der Waals surface area contributed by atoms with E-state index in [-0.39, 0.29) is 5.56 Å². The molecule has 0 fully saturated rings. The van der Waals surface area contributed by atoms with Gasteiger partial charge in [-0.2, -0.15) is 4.39 Å². The van der Waals surface area contributed by atoms with Gasteiger partial charge < -0.3 is 35.2 Å². The Morgan fingerprint density at radius 3 is 2.14 bits per heavy atom. The maximum absolute atomic E-state index is 12.9. The molecule has 0 aliphatic rings. The number of amides is 1. The summed E-state index contributed by atoms with van der Waals surface area (Å²) in [4.78, 5) is 82.4. The normalized spacial score (nSPS) is 15.1. The number of carboxylic acid groups (broad SMARTS) is 4. The van der Waals surface area contributed by atoms with Gasteiger partial charge in [-0.05, 0) is 18.6 Å². The van der Waals surface area contributed by atoms with Crippen molar-refractivity contribution in [2.24, 2.45) is 11.8 Å². The molecular weight excluding hydrogens is 514 g/mol. The highest BCUT2D eigenvalue weighted by Crippen LogP contribution is 2.44. The van der Waals surface area contributed by atoms with Crippen LogP contribution in [0.2, 0.25) is 0 Å². The Morgan fingerprint density at radius 2 is 1.67 bits per heavy atom. The Labute approximate surface area is 201 Å². The van der Waals surface area contributed by atoms with Gasteiger partial charge in [-0.1, -0.05) is 0 Å². The molecule has 0 aliphatic heterocycles. The van der Waals surface area contributed by atoms with Crippen LogP contribution in [0.1, 0.15) is 29.6 Å². The highest BCUT2D eigenvalue weighted by molar-refractivity contribution is 7.52. The molecule has 1 rings (SSSR count). The first-order valence-electron chi connectivity index (χ1n) is 9.94. The second-order valence-electron chi connectivity index (χ2n) is 7.37. The van der Waals surface area contributed by atoms with E-state index in [9.17, 15) is 52.8 Å². The van der Waals surface area contributed by atoms with E-state index < -0.39 is 99.0 Å². The third-order valence-corrected chi connectivity index (χ3v) is 6.07. The standard InChI is InChI=1S/C19H22FN2O13P/c20-14-3-1-9(6-21-14)13(23)5-11(18(29)30)16(26)22-12(19(31)32)7-35-36(33,34)8-10(17(27)28)2-4-15(24)25/h1,3,6,10-12H,2,4-5,7-8H2,(H,22,26)(H,24,25)(H,27,28)(H,29,30)(H,31,32)(H,33,34)/t10?,11?,12-/m0/s1. The summed E-state index contributed by atoms with van der Waals surface area (Å²) >= 11 is 0. The van der Waals surface area contributed by atoms with Crippen molar-refractivity contribution in [1.82, 2.24) is 10.3 Å². The van der Waals surface area contributed by atoms with Gasteiger partial charge in [0, 0.05) is 24.6 Å². The van der Waals surface area contributed by atoms with Gasteiger partial charge in [0.05, 0.1) is 18.7 Å². The minimum atomic E-state index is -4.81. The molecule has 0 saturated carbocycles. The lowest BCUT2D eigenvalue weighted by Gasteiger charge is -2.21. The number of carbonyl (C=O) groups is 6. The fraction of sp³-hybridized carbons (Fsp3) is 0.421. The third kappa shape index (κ3) is 10.2. The van der Waals surface area contributed by atoms with Gasteiger partial charge in [-0.25, -0.2) is 9.78 Å². The van der Waals surface area contributed by atoms with Crippen LogP contribution in [0.5, 0.6) is 0 Å². The number of pyridine rings is 1. The van der Waals surface area contributed by atoms with Crippen molar-refractivity contribution >= 4 is 43.2 Å². The molecule has 0 aliphatic carbocycles. The second-order valence-corrected chi connectivity index (χ2v) is 9.27. The van der Waals surface area contributed by atoms with Crippen LogP contribution in [0.25, 0.3) is 0 Å². The molecule has 1 heterocycles. The fourth-order valence-corrected chi connectivity index (χ4v) is 4.08. The highest BCUT2D eigenvalue weighted by atomic mass is 31.2. The van der Waals surface area contributed by atoms with E-state index >= 15 is 0 Å². The fourth-order valence-electron chi connectivity index (χ4n) is 2.70. The van der Waals surface area contributed by atoms with Crippen molar-refractivity contribution < 1.29 is 67.6 Å². The molecule has 198 valence electrons. The summed E-state index contributed by atoms with van der Waals surface area (Å²) in [5.41, 5.74) is -0.217. The summed E-state index contributed by atoms with van der Waals surface area (Å²) in [5.74, 6) is -13.6. The van der Waals surface area contributed by atoms with Gasteiger partial charge in [0.1, 0.15) is 5.92 Å². The van der Waals surface area contributed by atoms with Crippen LogP contribution in [0.15, 0.2) is 18.3 Å². The molecule has 1 aromatic heterocycles. The molecule has 36 heavy (non-hydrogen) atoms. The zero-order chi connectivity index (χ0) is 27.6. The van der Waals surface area contributed by atoms with Crippen LogP contribution in [0.3, 0.4) is 0 Å². The maximum Gasteiger partial charge on any atom is 0.329 e. The molecule has 15 nitrogen and oxygen atoms in total. The number of ketones is 1. The molecule has 0 saturated heterocycles. The van der Waals surface area contributed by atoms with Crippen molar-refractivity contribution in [3.63, 3.8) is 0 Å². The third-order valence-electron chi connectivity index (χ3n) is 4.62. The minimum Gasteiger partial charge on any atom is -0.481 e. The Bertz CT molecular complexity index is 1060. The van der Waals surface area contributed by atoms with E-state index in [0.29, 0.717) is 0 Å². The molecule has 0 spiro atoms. The number of aliphatic carboxylic acids is 4. The number of aromatic nitrogens is 1. The van der Waals surface area contributed by atoms with Crippen LogP contribution in [-0.4, -0.2) is 84.7 Å². The molecule has 1 aromatic rings. The second kappa shape index (κ2) is 13.4. The molecule has 0 radical (unpaired) electrons. The van der Waals surface area contributed by atoms with Gasteiger partial charge in [-0.3, -0.25) is 28.5 Å². The predicted molar refractivity (Wildman–Crippen MR) is 112 cm³/mol. The van der Waals surface area contributed by atoms with E-state index in [2.05, 4.69) is 9.51 Å². The average Bonchev–Trinajstić information content (AvgIpc) is 2.77. The zero-order valence-corrected chi connectivity index (χ0v) is 19.2. The Kier molecular flexibility index (Phi) is 11.2. The van der Waals surface area contributed by atoms with E-state index in [1.54, 1.807) is 5.32 Å². The van der Waals surface area contributed by atoms with Crippen LogP contribution in [-0.2, 0) is 33.1 Å². The number of nitrogens with zero attached hydrogens (tertiary/aromatic N) is 1. The summed E-state index contributed by atoms with van der Waals surface area (Å²) in [7, 11) is -4.81. The lowest BCUT2D eigenvalue weighted by molar-refractivity contribution is -0.150. The number of nitrogens with one attached hydrogen (secondary N) is 1. The summed E-state index contributed by atoms with van der Waals surface area (Å²) in [6.45, 7) is -1.19. The SMILES string of the molecule is O=C(O)CCC(CP(=O)(O)OC[C@H](NC(=O)C(CC(=O)c1ccc(F)nc1)C(=O)O)C(=O)O)C(=O)O. The average molecular weight is 536 g/mol. The van der Waals surface area contributed by atoms with Crippen LogP contribution in [0, 0.1) is 17.8 Å². The van der Waals surface area contributed by atoms with Gasteiger partial charge in [-0.15, -0.1) is 0 Å².